The van der Waals surface area contributed by atoms with Crippen molar-refractivity contribution in [3.63, 3.8) is 0 Å². The summed E-state index contributed by atoms with van der Waals surface area (Å²) in [5, 5.41) is 10.4. The van der Waals surface area contributed by atoms with Gasteiger partial charge in [0.05, 0.1) is 12.2 Å². The van der Waals surface area contributed by atoms with Crippen molar-refractivity contribution in [2.45, 2.75) is 45.3 Å². The molecule has 31 heavy (non-hydrogen) atoms. The Balaban J connectivity index is 1.89. The minimum Gasteiger partial charge on any atom is -0.506 e. The van der Waals surface area contributed by atoms with Crippen LogP contribution in [-0.4, -0.2) is 66.2 Å². The van der Waals surface area contributed by atoms with E-state index in [1.54, 1.807) is 24.3 Å². The third-order valence-electron chi connectivity index (χ3n) is 4.60. The summed E-state index contributed by atoms with van der Waals surface area (Å²) in [4.78, 5) is 51.4. The van der Waals surface area contributed by atoms with E-state index in [0.717, 1.165) is 20.1 Å². The van der Waals surface area contributed by atoms with Crippen molar-refractivity contribution in [1.29, 1.82) is 0 Å². The molecule has 1 fully saturated rings. The molecule has 1 aromatic rings. The fraction of sp³-hybridized carbons (Fsp3) is 0.381. The molecular formula is C21H21NO9. The summed E-state index contributed by atoms with van der Waals surface area (Å²) in [7, 11) is 0. The van der Waals surface area contributed by atoms with Crippen LogP contribution in [-0.2, 0) is 33.3 Å². The van der Waals surface area contributed by atoms with E-state index in [9.17, 15) is 24.3 Å². The van der Waals surface area contributed by atoms with Crippen LogP contribution in [0.25, 0.3) is 5.76 Å². The first-order valence-corrected chi connectivity index (χ1v) is 9.42. The number of allylic oxidation sites excluding steroid dienone is 1. The average Bonchev–Trinajstić information content (AvgIpc) is 2.93. The number of ether oxygens (including phenoxy) is 4. The Labute approximate surface area is 177 Å². The fourth-order valence-corrected chi connectivity index (χ4v) is 3.40. The number of fused-ring (bicyclic) bond motifs is 1. The van der Waals surface area contributed by atoms with Gasteiger partial charge in [0.25, 0.3) is 0 Å². The molecule has 1 aliphatic carbocycles. The Hall–Kier alpha value is -3.53. The van der Waals surface area contributed by atoms with Crippen molar-refractivity contribution in [1.82, 2.24) is 0 Å². The molecule has 1 N–H and O–H groups in total. The second kappa shape index (κ2) is 9.09. The number of aliphatic imine (C=N–C) groups is 1. The van der Waals surface area contributed by atoms with Gasteiger partial charge in [0.2, 0.25) is 0 Å². The predicted octanol–water partition coefficient (Wildman–Crippen LogP) is 1.37. The summed E-state index contributed by atoms with van der Waals surface area (Å²) >= 11 is 0. The molecule has 4 atom stereocenters. The number of esters is 3. The van der Waals surface area contributed by atoms with Crippen molar-refractivity contribution < 1.29 is 43.2 Å². The summed E-state index contributed by atoms with van der Waals surface area (Å²) in [5.74, 6) is -2.70. The van der Waals surface area contributed by atoms with Gasteiger partial charge >= 0.3 is 17.9 Å². The predicted molar refractivity (Wildman–Crippen MR) is 105 cm³/mol. The van der Waals surface area contributed by atoms with Gasteiger partial charge in [-0.05, 0) is 0 Å². The Morgan fingerprint density at radius 1 is 1.00 bits per heavy atom. The average molecular weight is 431 g/mol. The third kappa shape index (κ3) is 4.80. The first-order chi connectivity index (χ1) is 14.7. The Bertz CT molecular complexity index is 981. The van der Waals surface area contributed by atoms with Gasteiger partial charge in [0, 0.05) is 38.1 Å². The van der Waals surface area contributed by atoms with Crippen LogP contribution >= 0.6 is 0 Å². The van der Waals surface area contributed by atoms with Crippen LogP contribution in [0.15, 0.2) is 34.8 Å². The molecule has 1 aromatic carbocycles. The highest BCUT2D eigenvalue weighted by atomic mass is 16.6. The molecule has 0 saturated carbocycles. The molecule has 10 heteroatoms. The van der Waals surface area contributed by atoms with E-state index < -0.39 is 48.2 Å². The van der Waals surface area contributed by atoms with Crippen LogP contribution in [0.2, 0.25) is 0 Å². The summed E-state index contributed by atoms with van der Waals surface area (Å²) in [6.07, 6.45) is -3.52. The molecule has 0 aromatic heterocycles. The lowest BCUT2D eigenvalue weighted by atomic mass is 10.0. The zero-order valence-corrected chi connectivity index (χ0v) is 17.1. The summed E-state index contributed by atoms with van der Waals surface area (Å²) < 4.78 is 21.2. The van der Waals surface area contributed by atoms with Crippen LogP contribution in [0.1, 0.15) is 36.7 Å². The number of ketones is 1. The van der Waals surface area contributed by atoms with E-state index in [0.29, 0.717) is 11.1 Å². The molecule has 1 saturated heterocycles. The number of nitrogens with zero attached hydrogens (tertiary/aromatic N) is 1. The topological polar surface area (TPSA) is 138 Å². The highest BCUT2D eigenvalue weighted by molar-refractivity contribution is 6.30. The molecule has 0 radical (unpaired) electrons. The minimum absolute atomic E-state index is 0.0579. The molecule has 1 heterocycles. The molecule has 0 spiro atoms. The minimum atomic E-state index is -1.25. The van der Waals surface area contributed by atoms with Crippen LogP contribution in [0.3, 0.4) is 0 Å². The van der Waals surface area contributed by atoms with E-state index in [-0.39, 0.29) is 17.9 Å². The number of hydrogen-bond donors (Lipinski definition) is 1. The van der Waals surface area contributed by atoms with Gasteiger partial charge in [-0.25, -0.2) is 0 Å². The number of hydrogen-bond acceptors (Lipinski definition) is 10. The van der Waals surface area contributed by atoms with E-state index in [1.165, 1.54) is 6.92 Å². The summed E-state index contributed by atoms with van der Waals surface area (Å²) in [6.45, 7) is 3.28. The quantitative estimate of drug-likeness (QED) is 0.416. The van der Waals surface area contributed by atoms with Gasteiger partial charge in [-0.2, -0.15) is 0 Å². The van der Waals surface area contributed by atoms with E-state index in [4.69, 9.17) is 18.9 Å². The molecule has 0 amide bonds. The highest BCUT2D eigenvalue weighted by Gasteiger charge is 2.47. The standard InChI is InChI=1S/C21H21NO9/c1-10(23)29-16-9-28-21(20(31-12(3)25)19(16)30-11(2)24)22-8-15-17(26)13-6-4-5-7-14(13)18(15)27/h4-8,16,19-21,26H,9H2,1-3H3/b22-8+/t16-,19+,20-,21+/m1/s1. The lowest BCUT2D eigenvalue weighted by Crippen LogP contribution is -2.56. The molecule has 0 unspecified atom stereocenters. The van der Waals surface area contributed by atoms with Gasteiger partial charge in [-0.1, -0.05) is 24.3 Å². The molecule has 1 aliphatic heterocycles. The van der Waals surface area contributed by atoms with E-state index >= 15 is 0 Å². The van der Waals surface area contributed by atoms with Gasteiger partial charge < -0.3 is 24.1 Å². The van der Waals surface area contributed by atoms with Crippen LogP contribution < -0.4 is 0 Å². The van der Waals surface area contributed by atoms with Crippen LogP contribution in [0.4, 0.5) is 0 Å². The maximum atomic E-state index is 12.6. The van der Waals surface area contributed by atoms with Crippen molar-refractivity contribution in [3.8, 4) is 0 Å². The smallest absolute Gasteiger partial charge is 0.303 e. The number of aliphatic hydroxyl groups is 1. The Morgan fingerprint density at radius 3 is 2.16 bits per heavy atom. The van der Waals surface area contributed by atoms with Crippen molar-refractivity contribution >= 4 is 35.7 Å². The second-order valence-electron chi connectivity index (χ2n) is 6.94. The van der Waals surface area contributed by atoms with E-state index in [2.05, 4.69) is 4.99 Å². The maximum absolute atomic E-state index is 12.6. The second-order valence-corrected chi connectivity index (χ2v) is 6.94. The number of carbonyl (C=O) groups is 4. The van der Waals surface area contributed by atoms with Crippen LogP contribution in [0, 0.1) is 0 Å². The van der Waals surface area contributed by atoms with Crippen molar-refractivity contribution in [3.05, 3.63) is 41.0 Å². The SMILES string of the molecule is CC(=O)O[C@@H]1[C@@H](OC(C)=O)[C@@H](/N=C/C2=C(O)c3ccccc3C2=O)OC[C@H]1OC(C)=O. The van der Waals surface area contributed by atoms with Crippen molar-refractivity contribution in [2.24, 2.45) is 4.99 Å². The lowest BCUT2D eigenvalue weighted by Gasteiger charge is -2.38. The lowest BCUT2D eigenvalue weighted by molar-refractivity contribution is -0.224. The number of Topliss-reactive ketones (excluding diaryl/α,β-unsaturated/α-hetero) is 1. The molecule has 3 rings (SSSR count). The fourth-order valence-electron chi connectivity index (χ4n) is 3.40. The number of aliphatic hydroxyl groups excluding tert-OH is 1. The highest BCUT2D eigenvalue weighted by Crippen LogP contribution is 2.31. The molecule has 10 nitrogen and oxygen atoms in total. The van der Waals surface area contributed by atoms with E-state index in [1.807, 2.05) is 0 Å². The normalized spacial score (nSPS) is 25.3. The van der Waals surface area contributed by atoms with Crippen LogP contribution in [0.5, 0.6) is 0 Å². The number of rotatable bonds is 5. The maximum Gasteiger partial charge on any atom is 0.303 e. The van der Waals surface area contributed by atoms with Gasteiger partial charge in [-0.3, -0.25) is 24.2 Å². The molecule has 2 aliphatic rings. The van der Waals surface area contributed by atoms with Gasteiger partial charge in [0.1, 0.15) is 5.76 Å². The van der Waals surface area contributed by atoms with Crippen molar-refractivity contribution in [2.75, 3.05) is 6.61 Å². The zero-order chi connectivity index (χ0) is 22.7. The van der Waals surface area contributed by atoms with Gasteiger partial charge in [-0.15, -0.1) is 0 Å². The first kappa shape index (κ1) is 22.2. The first-order valence-electron chi connectivity index (χ1n) is 9.42. The zero-order valence-electron chi connectivity index (χ0n) is 17.1. The molecule has 0 bridgehead atoms. The summed E-state index contributed by atoms with van der Waals surface area (Å²) in [6, 6.07) is 6.53. The monoisotopic (exact) mass is 431 g/mol. The third-order valence-corrected chi connectivity index (χ3v) is 4.60. The molecular weight excluding hydrogens is 410 g/mol. The number of benzene rings is 1. The Kier molecular flexibility index (Phi) is 6.50. The Morgan fingerprint density at radius 2 is 1.58 bits per heavy atom. The number of carbonyl (C=O) groups excluding carboxylic acids is 4. The summed E-state index contributed by atoms with van der Waals surface area (Å²) in [5.41, 5.74) is 0.649. The largest absolute Gasteiger partial charge is 0.506 e. The molecule has 164 valence electrons. The van der Waals surface area contributed by atoms with Gasteiger partial charge in [0.15, 0.2) is 30.3 Å².